The lowest BCUT2D eigenvalue weighted by Crippen LogP contribution is -2.47. The molecule has 1 unspecified atom stereocenters. The summed E-state index contributed by atoms with van der Waals surface area (Å²) in [5.74, 6) is -0.789. The van der Waals surface area contributed by atoms with Crippen LogP contribution in [0.5, 0.6) is 0 Å². The van der Waals surface area contributed by atoms with E-state index in [0.717, 1.165) is 33.8 Å². The highest BCUT2D eigenvalue weighted by molar-refractivity contribution is 7.92. The summed E-state index contributed by atoms with van der Waals surface area (Å²) in [5, 5.41) is 2.25. The molecule has 0 saturated heterocycles. The maximum Gasteiger partial charge on any atom is 0.416 e. The fourth-order valence-electron chi connectivity index (χ4n) is 2.94. The number of benzene rings is 2. The van der Waals surface area contributed by atoms with E-state index in [4.69, 9.17) is 11.6 Å². The first-order chi connectivity index (χ1) is 13.8. The zero-order chi connectivity index (χ0) is 22.9. The number of aryl methyl sites for hydroxylation is 2. The van der Waals surface area contributed by atoms with Gasteiger partial charge in [0, 0.05) is 0 Å². The van der Waals surface area contributed by atoms with Crippen LogP contribution in [-0.2, 0) is 21.0 Å². The number of sulfonamides is 1. The molecule has 0 saturated carbocycles. The van der Waals surface area contributed by atoms with Gasteiger partial charge in [0.05, 0.1) is 28.2 Å². The van der Waals surface area contributed by atoms with Gasteiger partial charge in [-0.2, -0.15) is 13.2 Å². The number of hydrogen-bond donors (Lipinski definition) is 1. The van der Waals surface area contributed by atoms with Crippen LogP contribution in [0.1, 0.15) is 30.0 Å². The van der Waals surface area contributed by atoms with Crippen LogP contribution in [0.4, 0.5) is 24.5 Å². The fourth-order valence-corrected chi connectivity index (χ4v) is 4.30. The van der Waals surface area contributed by atoms with Crippen LogP contribution >= 0.6 is 11.6 Å². The van der Waals surface area contributed by atoms with Gasteiger partial charge in [0.2, 0.25) is 15.9 Å². The van der Waals surface area contributed by atoms with Gasteiger partial charge in [-0.05, 0) is 61.7 Å². The summed E-state index contributed by atoms with van der Waals surface area (Å²) in [5.41, 5.74) is 0.836. The predicted molar refractivity (Wildman–Crippen MR) is 112 cm³/mol. The van der Waals surface area contributed by atoms with Gasteiger partial charge in [0.15, 0.2) is 0 Å². The number of rotatable bonds is 6. The third kappa shape index (κ3) is 5.46. The highest BCUT2D eigenvalue weighted by Gasteiger charge is 2.34. The van der Waals surface area contributed by atoms with Crippen molar-refractivity contribution in [1.82, 2.24) is 0 Å². The molecule has 2 rings (SSSR count). The van der Waals surface area contributed by atoms with Crippen LogP contribution in [-0.4, -0.2) is 26.6 Å². The van der Waals surface area contributed by atoms with E-state index in [9.17, 15) is 26.4 Å². The lowest BCUT2D eigenvalue weighted by atomic mass is 10.1. The Labute approximate surface area is 178 Å². The van der Waals surface area contributed by atoms with Crippen molar-refractivity contribution >= 4 is 38.9 Å². The molecule has 0 aliphatic rings. The highest BCUT2D eigenvalue weighted by atomic mass is 35.5. The Bertz CT molecular complexity index is 1060. The number of halogens is 4. The predicted octanol–water partition coefficient (Wildman–Crippen LogP) is 5.16. The Balaban J connectivity index is 2.45. The van der Waals surface area contributed by atoms with Gasteiger partial charge >= 0.3 is 6.18 Å². The van der Waals surface area contributed by atoms with Crippen molar-refractivity contribution in [3.63, 3.8) is 0 Å². The second-order valence-corrected chi connectivity index (χ2v) is 9.20. The summed E-state index contributed by atoms with van der Waals surface area (Å²) in [7, 11) is -3.88. The van der Waals surface area contributed by atoms with Gasteiger partial charge in [0.25, 0.3) is 0 Å². The molecule has 30 heavy (non-hydrogen) atoms. The van der Waals surface area contributed by atoms with E-state index in [1.54, 1.807) is 25.1 Å². The molecule has 0 aliphatic heterocycles. The monoisotopic (exact) mass is 462 g/mol. The van der Waals surface area contributed by atoms with Crippen molar-refractivity contribution in [2.24, 2.45) is 0 Å². The quantitative estimate of drug-likeness (QED) is 0.644. The molecule has 0 heterocycles. The molecule has 2 aromatic rings. The maximum atomic E-state index is 13.0. The van der Waals surface area contributed by atoms with Gasteiger partial charge < -0.3 is 5.32 Å². The molecule has 0 aliphatic carbocycles. The van der Waals surface area contributed by atoms with E-state index in [2.05, 4.69) is 5.32 Å². The molecule has 164 valence electrons. The second-order valence-electron chi connectivity index (χ2n) is 6.93. The molecule has 10 heteroatoms. The number of nitrogens with one attached hydrogen (secondary N) is 1. The van der Waals surface area contributed by atoms with Crippen molar-refractivity contribution < 1.29 is 26.4 Å². The average molecular weight is 463 g/mol. The molecule has 0 fully saturated rings. The Hall–Kier alpha value is -2.26. The molecule has 1 N–H and O–H groups in total. The number of carbonyl (C=O) groups is 1. The van der Waals surface area contributed by atoms with Crippen LogP contribution in [0.2, 0.25) is 5.02 Å². The first-order valence-corrected chi connectivity index (χ1v) is 11.2. The third-order valence-electron chi connectivity index (χ3n) is 4.63. The minimum absolute atomic E-state index is 0.0857. The third-order valence-corrected chi connectivity index (χ3v) is 6.14. The summed E-state index contributed by atoms with van der Waals surface area (Å²) < 4.78 is 65.0. The first kappa shape index (κ1) is 24.0. The SMILES string of the molecule is CCC(C(=O)Nc1cc(C(F)(F)F)ccc1Cl)N(c1ccc(C)c(C)c1)S(C)(=O)=O. The molecular weight excluding hydrogens is 441 g/mol. The van der Waals surface area contributed by atoms with Gasteiger partial charge in [-0.25, -0.2) is 8.42 Å². The minimum atomic E-state index is -4.62. The molecule has 0 bridgehead atoms. The average Bonchev–Trinajstić information content (AvgIpc) is 2.61. The van der Waals surface area contributed by atoms with Gasteiger partial charge in [0.1, 0.15) is 6.04 Å². The van der Waals surface area contributed by atoms with Crippen LogP contribution in [0.15, 0.2) is 36.4 Å². The van der Waals surface area contributed by atoms with Crippen molar-refractivity contribution in [3.05, 3.63) is 58.1 Å². The second kappa shape index (κ2) is 8.85. The van der Waals surface area contributed by atoms with Gasteiger partial charge in [-0.15, -0.1) is 0 Å². The molecule has 0 aromatic heterocycles. The van der Waals surface area contributed by atoms with Crippen LogP contribution in [0.3, 0.4) is 0 Å². The first-order valence-electron chi connectivity index (χ1n) is 9.00. The van der Waals surface area contributed by atoms with E-state index < -0.39 is 33.7 Å². The minimum Gasteiger partial charge on any atom is -0.323 e. The maximum absolute atomic E-state index is 13.0. The number of carbonyl (C=O) groups excluding carboxylic acids is 1. The van der Waals surface area contributed by atoms with Crippen LogP contribution in [0.25, 0.3) is 0 Å². The lowest BCUT2D eigenvalue weighted by molar-refractivity contribution is -0.137. The Morgan fingerprint density at radius 1 is 1.13 bits per heavy atom. The Morgan fingerprint density at radius 2 is 1.77 bits per heavy atom. The number of alkyl halides is 3. The number of amides is 1. The molecule has 0 spiro atoms. The largest absolute Gasteiger partial charge is 0.416 e. The molecule has 2 aromatic carbocycles. The molecule has 1 amide bonds. The number of hydrogen-bond acceptors (Lipinski definition) is 3. The highest BCUT2D eigenvalue weighted by Crippen LogP contribution is 2.34. The van der Waals surface area contributed by atoms with Crippen molar-refractivity contribution in [2.75, 3.05) is 15.9 Å². The van der Waals surface area contributed by atoms with Crippen molar-refractivity contribution in [1.29, 1.82) is 0 Å². The fraction of sp³-hybridized carbons (Fsp3) is 0.350. The normalized spacial score (nSPS) is 13.1. The van der Waals surface area contributed by atoms with E-state index in [1.165, 1.54) is 0 Å². The summed E-state index contributed by atoms with van der Waals surface area (Å²) in [6.45, 7) is 5.28. The summed E-state index contributed by atoms with van der Waals surface area (Å²) in [6.07, 6.45) is -3.57. The zero-order valence-corrected chi connectivity index (χ0v) is 18.4. The van der Waals surface area contributed by atoms with Crippen LogP contribution < -0.4 is 9.62 Å². The van der Waals surface area contributed by atoms with Gasteiger partial charge in [-0.1, -0.05) is 24.6 Å². The van der Waals surface area contributed by atoms with E-state index in [0.29, 0.717) is 6.07 Å². The summed E-state index contributed by atoms with van der Waals surface area (Å²) in [4.78, 5) is 12.9. The zero-order valence-electron chi connectivity index (χ0n) is 16.8. The Kier molecular flexibility index (Phi) is 7.08. The van der Waals surface area contributed by atoms with Crippen molar-refractivity contribution in [2.45, 2.75) is 39.4 Å². The summed E-state index contributed by atoms with van der Waals surface area (Å²) >= 11 is 5.95. The van der Waals surface area contributed by atoms with E-state index in [1.807, 2.05) is 13.8 Å². The van der Waals surface area contributed by atoms with Crippen molar-refractivity contribution in [3.8, 4) is 0 Å². The Morgan fingerprint density at radius 3 is 2.27 bits per heavy atom. The molecule has 1 atom stereocenters. The van der Waals surface area contributed by atoms with Crippen LogP contribution in [0, 0.1) is 13.8 Å². The molecule has 5 nitrogen and oxygen atoms in total. The van der Waals surface area contributed by atoms with E-state index in [-0.39, 0.29) is 22.8 Å². The summed E-state index contributed by atoms with van der Waals surface area (Å²) in [6, 6.07) is 6.31. The molecule has 0 radical (unpaired) electrons. The topological polar surface area (TPSA) is 66.5 Å². The smallest absolute Gasteiger partial charge is 0.323 e. The van der Waals surface area contributed by atoms with Gasteiger partial charge in [-0.3, -0.25) is 9.10 Å². The number of nitrogens with zero attached hydrogens (tertiary/aromatic N) is 1. The number of anilines is 2. The van der Waals surface area contributed by atoms with E-state index >= 15 is 0 Å². The molecular formula is C20H22ClF3N2O3S. The standard InChI is InChI=1S/C20H22ClF3N2O3S/c1-5-18(26(30(4,28)29)15-8-6-12(2)13(3)10-15)19(27)25-17-11-14(20(22,23)24)7-9-16(17)21/h6-11,18H,5H2,1-4H3,(H,25,27). The lowest BCUT2D eigenvalue weighted by Gasteiger charge is -2.30.